The molecule has 1 amide bonds. The third kappa shape index (κ3) is 5.02. The largest absolute Gasteiger partial charge is 0.446 e. The molecular formula is C16H16F3N3O4S3. The predicted octanol–water partition coefficient (Wildman–Crippen LogP) is 2.50. The maximum atomic E-state index is 12.7. The van der Waals surface area contributed by atoms with Gasteiger partial charge in [-0.25, -0.2) is 8.42 Å². The number of sulfonamides is 1. The number of halogens is 3. The molecular weight excluding hydrogens is 451 g/mol. The number of amides is 1. The highest BCUT2D eigenvalue weighted by molar-refractivity contribution is 8.00. The van der Waals surface area contributed by atoms with Gasteiger partial charge in [-0.2, -0.15) is 17.5 Å². The SMILES string of the molecule is Cc1[nH]c(=O)sc1S(=O)(=O)N1CCN(C(=O)c2ccc(SC(F)(F)F)cc2)CC1. The van der Waals surface area contributed by atoms with Crippen LogP contribution in [0, 0.1) is 6.92 Å². The van der Waals surface area contributed by atoms with Crippen molar-refractivity contribution in [2.24, 2.45) is 0 Å². The molecule has 1 saturated heterocycles. The number of piperazine rings is 1. The van der Waals surface area contributed by atoms with Crippen molar-refractivity contribution >= 4 is 39.0 Å². The molecule has 0 atom stereocenters. The van der Waals surface area contributed by atoms with Gasteiger partial charge >= 0.3 is 10.4 Å². The lowest BCUT2D eigenvalue weighted by Gasteiger charge is -2.33. The highest BCUT2D eigenvalue weighted by Crippen LogP contribution is 2.36. The summed E-state index contributed by atoms with van der Waals surface area (Å²) in [5.41, 5.74) is -3.90. The van der Waals surface area contributed by atoms with E-state index < -0.39 is 20.4 Å². The van der Waals surface area contributed by atoms with Crippen LogP contribution in [0.5, 0.6) is 0 Å². The monoisotopic (exact) mass is 467 g/mol. The molecule has 158 valence electrons. The van der Waals surface area contributed by atoms with Crippen molar-refractivity contribution in [1.82, 2.24) is 14.2 Å². The molecule has 0 bridgehead atoms. The molecule has 1 aromatic carbocycles. The van der Waals surface area contributed by atoms with E-state index in [1.165, 1.54) is 40.4 Å². The van der Waals surface area contributed by atoms with Crippen LogP contribution < -0.4 is 4.87 Å². The topological polar surface area (TPSA) is 90.5 Å². The zero-order valence-corrected chi connectivity index (χ0v) is 17.5. The maximum Gasteiger partial charge on any atom is 0.446 e. The van der Waals surface area contributed by atoms with E-state index in [4.69, 9.17) is 0 Å². The Balaban J connectivity index is 1.65. The first-order chi connectivity index (χ1) is 13.5. The molecule has 3 rings (SSSR count). The molecule has 1 N–H and O–H groups in total. The molecule has 0 unspecified atom stereocenters. The second-order valence-corrected chi connectivity index (χ2v) is 10.5. The molecule has 1 fully saturated rings. The van der Waals surface area contributed by atoms with Crippen molar-refractivity contribution in [3.63, 3.8) is 0 Å². The van der Waals surface area contributed by atoms with Gasteiger partial charge < -0.3 is 9.88 Å². The smallest absolute Gasteiger partial charge is 0.336 e. The molecule has 2 heterocycles. The van der Waals surface area contributed by atoms with Crippen molar-refractivity contribution in [2.45, 2.75) is 21.5 Å². The van der Waals surface area contributed by atoms with Gasteiger partial charge in [0.2, 0.25) is 0 Å². The average Bonchev–Trinajstić information content (AvgIpc) is 2.99. The van der Waals surface area contributed by atoms with E-state index in [9.17, 15) is 31.2 Å². The molecule has 1 aliphatic rings. The summed E-state index contributed by atoms with van der Waals surface area (Å²) in [6.07, 6.45) is 0. The number of carbonyl (C=O) groups excluding carboxylic acids is 1. The fourth-order valence-corrected chi connectivity index (χ4v) is 6.26. The predicted molar refractivity (Wildman–Crippen MR) is 103 cm³/mol. The number of aromatic amines is 1. The number of benzene rings is 1. The van der Waals surface area contributed by atoms with Crippen LogP contribution in [0.4, 0.5) is 13.2 Å². The van der Waals surface area contributed by atoms with Gasteiger partial charge in [-0.1, -0.05) is 11.3 Å². The third-order valence-corrected chi connectivity index (χ3v) is 8.44. The number of H-pyrrole nitrogens is 1. The summed E-state index contributed by atoms with van der Waals surface area (Å²) in [5.74, 6) is -0.381. The molecule has 0 aliphatic carbocycles. The van der Waals surface area contributed by atoms with Crippen LogP contribution in [0.25, 0.3) is 0 Å². The van der Waals surface area contributed by atoms with Crippen molar-refractivity contribution in [3.8, 4) is 0 Å². The summed E-state index contributed by atoms with van der Waals surface area (Å²) in [6.45, 7) is 1.89. The zero-order valence-electron chi connectivity index (χ0n) is 15.0. The van der Waals surface area contributed by atoms with Crippen LogP contribution in [0.15, 0.2) is 38.2 Å². The summed E-state index contributed by atoms with van der Waals surface area (Å²) in [4.78, 5) is 27.4. The second kappa shape index (κ2) is 8.13. The number of aromatic nitrogens is 1. The summed E-state index contributed by atoms with van der Waals surface area (Å²) in [7, 11) is -3.84. The lowest BCUT2D eigenvalue weighted by molar-refractivity contribution is -0.0328. The number of hydrogen-bond acceptors (Lipinski definition) is 6. The highest BCUT2D eigenvalue weighted by Gasteiger charge is 2.33. The maximum absolute atomic E-state index is 12.7. The van der Waals surface area contributed by atoms with Gasteiger partial charge in [0.1, 0.15) is 0 Å². The number of aryl methyl sites for hydroxylation is 1. The third-order valence-electron chi connectivity index (χ3n) is 4.22. The van der Waals surface area contributed by atoms with Crippen molar-refractivity contribution in [3.05, 3.63) is 45.2 Å². The van der Waals surface area contributed by atoms with E-state index in [1.807, 2.05) is 0 Å². The zero-order chi connectivity index (χ0) is 21.4. The Hall–Kier alpha value is -1.83. The van der Waals surface area contributed by atoms with Crippen LogP contribution in [-0.4, -0.2) is 60.2 Å². The van der Waals surface area contributed by atoms with E-state index in [0.29, 0.717) is 11.3 Å². The lowest BCUT2D eigenvalue weighted by atomic mass is 10.2. The molecule has 29 heavy (non-hydrogen) atoms. The van der Waals surface area contributed by atoms with Crippen LogP contribution in [0.2, 0.25) is 0 Å². The number of hydrogen-bond donors (Lipinski definition) is 1. The van der Waals surface area contributed by atoms with E-state index >= 15 is 0 Å². The second-order valence-electron chi connectivity index (χ2n) is 6.20. The first-order valence-corrected chi connectivity index (χ1v) is 11.4. The Morgan fingerprint density at radius 3 is 2.21 bits per heavy atom. The van der Waals surface area contributed by atoms with Crippen LogP contribution in [0.3, 0.4) is 0 Å². The van der Waals surface area contributed by atoms with Gasteiger partial charge in [0.25, 0.3) is 15.9 Å². The van der Waals surface area contributed by atoms with Gasteiger partial charge in [-0.15, -0.1) is 0 Å². The molecule has 1 aliphatic heterocycles. The summed E-state index contributed by atoms with van der Waals surface area (Å²) in [6, 6.07) is 5.09. The summed E-state index contributed by atoms with van der Waals surface area (Å²) in [5, 5.41) is 0. The number of carbonyl (C=O) groups is 1. The molecule has 13 heteroatoms. The lowest BCUT2D eigenvalue weighted by Crippen LogP contribution is -2.50. The Labute approximate surface area is 172 Å². The number of thiazole rings is 1. The Bertz CT molecular complexity index is 1050. The van der Waals surface area contributed by atoms with Gasteiger partial charge in [-0.3, -0.25) is 9.59 Å². The van der Waals surface area contributed by atoms with E-state index in [1.54, 1.807) is 0 Å². The number of alkyl halides is 3. The van der Waals surface area contributed by atoms with E-state index in [-0.39, 0.29) is 64.2 Å². The van der Waals surface area contributed by atoms with Crippen LogP contribution in [-0.2, 0) is 10.0 Å². The minimum atomic E-state index is -4.40. The summed E-state index contributed by atoms with van der Waals surface area (Å²) >= 11 is 0.359. The standard InChI is InChI=1S/C16H16F3N3O4S3/c1-10-14(27-15(24)20-10)29(25,26)22-8-6-21(7-9-22)13(23)11-2-4-12(5-3-11)28-16(17,18)19/h2-5H,6-9H2,1H3,(H,20,24). The molecule has 0 saturated carbocycles. The number of thioether (sulfide) groups is 1. The van der Waals surface area contributed by atoms with Gasteiger partial charge in [0.15, 0.2) is 4.21 Å². The van der Waals surface area contributed by atoms with Crippen molar-refractivity contribution < 1.29 is 26.4 Å². The molecule has 7 nitrogen and oxygen atoms in total. The van der Waals surface area contributed by atoms with Gasteiger partial charge in [-0.05, 0) is 43.0 Å². The normalized spacial score (nSPS) is 16.2. The number of nitrogens with zero attached hydrogens (tertiary/aromatic N) is 2. The highest BCUT2D eigenvalue weighted by atomic mass is 32.2. The Morgan fingerprint density at radius 1 is 1.14 bits per heavy atom. The molecule has 0 spiro atoms. The van der Waals surface area contributed by atoms with Crippen LogP contribution in [0.1, 0.15) is 16.1 Å². The molecule has 1 aromatic heterocycles. The van der Waals surface area contributed by atoms with Crippen molar-refractivity contribution in [1.29, 1.82) is 0 Å². The molecule has 0 radical (unpaired) electrons. The summed E-state index contributed by atoms with van der Waals surface area (Å²) < 4.78 is 63.7. The quantitative estimate of drug-likeness (QED) is 0.698. The molecule has 2 aromatic rings. The number of nitrogens with one attached hydrogen (secondary N) is 1. The number of rotatable bonds is 4. The Kier molecular flexibility index (Phi) is 6.13. The minimum Gasteiger partial charge on any atom is -0.336 e. The van der Waals surface area contributed by atoms with E-state index in [2.05, 4.69) is 4.98 Å². The Morgan fingerprint density at radius 2 is 1.72 bits per heavy atom. The first kappa shape index (κ1) is 21.9. The average molecular weight is 468 g/mol. The van der Waals surface area contributed by atoms with Gasteiger partial charge in [0, 0.05) is 42.3 Å². The van der Waals surface area contributed by atoms with Gasteiger partial charge in [0.05, 0.1) is 0 Å². The fraction of sp³-hybridized carbons (Fsp3) is 0.375. The van der Waals surface area contributed by atoms with E-state index in [0.717, 1.165) is 0 Å². The van der Waals surface area contributed by atoms with Crippen molar-refractivity contribution in [2.75, 3.05) is 26.2 Å². The minimum absolute atomic E-state index is 0.0224. The first-order valence-electron chi connectivity index (χ1n) is 8.32. The van der Waals surface area contributed by atoms with Crippen LogP contribution >= 0.6 is 23.1 Å². The fourth-order valence-electron chi connectivity index (χ4n) is 2.87.